The van der Waals surface area contributed by atoms with E-state index in [1.165, 1.54) is 12.1 Å². The van der Waals surface area contributed by atoms with Crippen LogP contribution in [0.25, 0.3) is 0 Å². The fourth-order valence-electron chi connectivity index (χ4n) is 2.91. The summed E-state index contributed by atoms with van der Waals surface area (Å²) in [5.74, 6) is -0.226. The summed E-state index contributed by atoms with van der Waals surface area (Å²) < 4.78 is 40.8. The maximum Gasteiger partial charge on any atom is 0.573 e. The Hall–Kier alpha value is -2.51. The van der Waals surface area contributed by atoms with E-state index in [1.807, 2.05) is 24.8 Å². The molecular formula is C18H20F3N3O2. The van der Waals surface area contributed by atoms with E-state index in [2.05, 4.69) is 15.0 Å². The highest BCUT2D eigenvalue weighted by atomic mass is 19.4. The van der Waals surface area contributed by atoms with Crippen LogP contribution in [0.1, 0.15) is 38.3 Å². The third kappa shape index (κ3) is 4.36. The number of hydrogen-bond acceptors (Lipinski definition) is 4. The van der Waals surface area contributed by atoms with Crippen molar-refractivity contribution in [1.82, 2.24) is 10.2 Å². The molecule has 1 aliphatic carbocycles. The number of hydrogen-bond donors (Lipinski definition) is 1. The molecule has 1 heterocycles. The molecule has 2 atom stereocenters. The lowest BCUT2D eigenvalue weighted by Crippen LogP contribution is -2.48. The highest BCUT2D eigenvalue weighted by molar-refractivity contribution is 5.81. The molecule has 140 valence electrons. The fraction of sp³-hybridized carbons (Fsp3) is 0.444. The number of aliphatic imine (C=N–C) groups is 1. The molecule has 2 aliphatic rings. The lowest BCUT2D eigenvalue weighted by Gasteiger charge is -2.38. The van der Waals surface area contributed by atoms with Gasteiger partial charge in [-0.3, -0.25) is 4.79 Å². The van der Waals surface area contributed by atoms with Gasteiger partial charge in [-0.1, -0.05) is 12.1 Å². The van der Waals surface area contributed by atoms with Crippen LogP contribution in [-0.2, 0) is 4.79 Å². The van der Waals surface area contributed by atoms with E-state index in [1.54, 1.807) is 18.3 Å². The van der Waals surface area contributed by atoms with Crippen molar-refractivity contribution in [3.05, 3.63) is 41.6 Å². The van der Waals surface area contributed by atoms with E-state index in [4.69, 9.17) is 0 Å². The number of rotatable bonds is 5. The molecule has 3 rings (SSSR count). The van der Waals surface area contributed by atoms with Crippen molar-refractivity contribution in [1.29, 1.82) is 0 Å². The molecule has 1 fully saturated rings. The molecule has 1 N–H and O–H groups in total. The van der Waals surface area contributed by atoms with Crippen molar-refractivity contribution >= 4 is 12.1 Å². The summed E-state index contributed by atoms with van der Waals surface area (Å²) in [4.78, 5) is 18.4. The highest BCUT2D eigenvalue weighted by Gasteiger charge is 2.34. The zero-order valence-electron chi connectivity index (χ0n) is 14.5. The second-order valence-corrected chi connectivity index (χ2v) is 6.46. The van der Waals surface area contributed by atoms with Crippen LogP contribution >= 0.6 is 0 Å². The molecule has 0 saturated heterocycles. The summed E-state index contributed by atoms with van der Waals surface area (Å²) in [6.45, 7) is 3.81. The molecule has 0 bridgehead atoms. The number of alkyl halides is 3. The third-order valence-electron chi connectivity index (χ3n) is 4.45. The van der Waals surface area contributed by atoms with Crippen molar-refractivity contribution in [3.8, 4) is 5.75 Å². The first-order valence-electron chi connectivity index (χ1n) is 8.39. The second kappa shape index (κ2) is 7.01. The number of halogens is 3. The van der Waals surface area contributed by atoms with Gasteiger partial charge in [-0.25, -0.2) is 4.99 Å². The number of carbonyl (C=O) groups is 1. The smallest absolute Gasteiger partial charge is 0.406 e. The molecule has 5 nitrogen and oxygen atoms in total. The van der Waals surface area contributed by atoms with E-state index in [9.17, 15) is 18.0 Å². The standard InChI is InChI=1S/C18H20F3N3O2/c1-11-9-10-22-17(23-16(25)14-3-4-14)24(11)12(2)13-5-7-15(8-6-13)26-18(19,20)21/h5-10,12,14,17H,3-4H2,1-2H3,(H,23,25)/t12?,17-/m1/s1. The minimum Gasteiger partial charge on any atom is -0.406 e. The zero-order valence-corrected chi connectivity index (χ0v) is 14.5. The molecule has 1 saturated carbocycles. The quantitative estimate of drug-likeness (QED) is 0.862. The van der Waals surface area contributed by atoms with Crippen LogP contribution in [0.15, 0.2) is 41.0 Å². The van der Waals surface area contributed by atoms with Gasteiger partial charge in [0, 0.05) is 17.8 Å². The first-order valence-corrected chi connectivity index (χ1v) is 8.39. The van der Waals surface area contributed by atoms with Crippen molar-refractivity contribution in [2.75, 3.05) is 0 Å². The van der Waals surface area contributed by atoms with Gasteiger partial charge in [-0.15, -0.1) is 13.2 Å². The normalized spacial score (nSPS) is 21.2. The number of ether oxygens (including phenoxy) is 1. The number of nitrogens with zero attached hydrogens (tertiary/aromatic N) is 2. The third-order valence-corrected chi connectivity index (χ3v) is 4.45. The van der Waals surface area contributed by atoms with Gasteiger partial charge in [0.15, 0.2) is 6.29 Å². The fourth-order valence-corrected chi connectivity index (χ4v) is 2.91. The van der Waals surface area contributed by atoms with E-state index in [0.717, 1.165) is 24.1 Å². The van der Waals surface area contributed by atoms with E-state index >= 15 is 0 Å². The largest absolute Gasteiger partial charge is 0.573 e. The predicted molar refractivity (Wildman–Crippen MR) is 90.3 cm³/mol. The van der Waals surface area contributed by atoms with Crippen LogP contribution in [-0.4, -0.2) is 29.7 Å². The molecule has 1 aromatic rings. The van der Waals surface area contributed by atoms with Crippen LogP contribution in [0, 0.1) is 5.92 Å². The Labute approximate surface area is 149 Å². The summed E-state index contributed by atoms with van der Waals surface area (Å²) in [6, 6.07) is 5.52. The Bertz CT molecular complexity index is 724. The summed E-state index contributed by atoms with van der Waals surface area (Å²) >= 11 is 0. The van der Waals surface area contributed by atoms with Gasteiger partial charge < -0.3 is 15.0 Å². The molecule has 0 spiro atoms. The molecule has 1 unspecified atom stereocenters. The SMILES string of the molecule is CC1=CC=N[C@H](NC(=O)C2CC2)N1C(C)c1ccc(OC(F)(F)F)cc1. The topological polar surface area (TPSA) is 53.9 Å². The Morgan fingerprint density at radius 3 is 2.54 bits per heavy atom. The average molecular weight is 367 g/mol. The average Bonchev–Trinajstić information content (AvgIpc) is 3.38. The zero-order chi connectivity index (χ0) is 18.9. The lowest BCUT2D eigenvalue weighted by molar-refractivity contribution is -0.274. The van der Waals surface area contributed by atoms with Gasteiger partial charge in [0.2, 0.25) is 5.91 Å². The van der Waals surface area contributed by atoms with E-state index in [-0.39, 0.29) is 23.6 Å². The molecule has 26 heavy (non-hydrogen) atoms. The number of nitrogens with one attached hydrogen (secondary N) is 1. The number of benzene rings is 1. The molecule has 1 amide bonds. The molecule has 0 aromatic heterocycles. The van der Waals surface area contributed by atoms with Gasteiger partial charge in [0.05, 0.1) is 6.04 Å². The minimum atomic E-state index is -4.72. The lowest BCUT2D eigenvalue weighted by atomic mass is 10.1. The first kappa shape index (κ1) is 18.3. The Kier molecular flexibility index (Phi) is 4.93. The number of carbonyl (C=O) groups excluding carboxylic acids is 1. The maximum absolute atomic E-state index is 12.3. The van der Waals surface area contributed by atoms with E-state index in [0.29, 0.717) is 0 Å². The summed E-state index contributed by atoms with van der Waals surface area (Å²) in [7, 11) is 0. The van der Waals surface area contributed by atoms with Crippen molar-refractivity contribution < 1.29 is 22.7 Å². The van der Waals surface area contributed by atoms with Crippen molar-refractivity contribution in [3.63, 3.8) is 0 Å². The first-order chi connectivity index (χ1) is 12.2. The Morgan fingerprint density at radius 1 is 1.31 bits per heavy atom. The maximum atomic E-state index is 12.3. The summed E-state index contributed by atoms with van der Waals surface area (Å²) in [5, 5.41) is 2.93. The molecule has 0 radical (unpaired) electrons. The van der Waals surface area contributed by atoms with Gasteiger partial charge >= 0.3 is 6.36 Å². The summed E-state index contributed by atoms with van der Waals surface area (Å²) in [6.07, 6.45) is 0.0233. The van der Waals surface area contributed by atoms with Gasteiger partial charge in [-0.05, 0) is 50.5 Å². The predicted octanol–water partition coefficient (Wildman–Crippen LogP) is 3.75. The second-order valence-electron chi connectivity index (χ2n) is 6.46. The van der Waals surface area contributed by atoms with E-state index < -0.39 is 12.7 Å². The Balaban J connectivity index is 1.74. The van der Waals surface area contributed by atoms with Crippen molar-refractivity contribution in [2.45, 2.75) is 45.4 Å². The molecule has 1 aromatic carbocycles. The van der Waals surface area contributed by atoms with Crippen LogP contribution in [0.4, 0.5) is 13.2 Å². The van der Waals surface area contributed by atoms with Crippen LogP contribution in [0.2, 0.25) is 0 Å². The molecular weight excluding hydrogens is 347 g/mol. The molecule has 1 aliphatic heterocycles. The van der Waals surface area contributed by atoms with Crippen LogP contribution in [0.3, 0.4) is 0 Å². The van der Waals surface area contributed by atoms with Crippen LogP contribution < -0.4 is 10.1 Å². The highest BCUT2D eigenvalue weighted by Crippen LogP contribution is 2.32. The number of allylic oxidation sites excluding steroid dienone is 2. The Morgan fingerprint density at radius 2 is 1.96 bits per heavy atom. The van der Waals surface area contributed by atoms with Gasteiger partial charge in [0.1, 0.15) is 5.75 Å². The van der Waals surface area contributed by atoms with Crippen LogP contribution in [0.5, 0.6) is 5.75 Å². The monoisotopic (exact) mass is 367 g/mol. The summed E-state index contributed by atoms with van der Waals surface area (Å²) in [5.41, 5.74) is 1.69. The van der Waals surface area contributed by atoms with Gasteiger partial charge in [0.25, 0.3) is 0 Å². The minimum absolute atomic E-state index is 0.0204. The molecule has 8 heteroatoms. The van der Waals surface area contributed by atoms with Crippen molar-refractivity contribution in [2.24, 2.45) is 10.9 Å². The number of amides is 1. The van der Waals surface area contributed by atoms with Gasteiger partial charge in [-0.2, -0.15) is 0 Å².